The number of nitrogens with zero attached hydrogens (tertiary/aromatic N) is 2. The number of fused-ring (bicyclic) bond motifs is 1. The highest BCUT2D eigenvalue weighted by Gasteiger charge is 2.13. The molecule has 3 aromatic rings. The highest BCUT2D eigenvalue weighted by Crippen LogP contribution is 2.23. The number of anilines is 1. The van der Waals surface area contributed by atoms with E-state index in [9.17, 15) is 19.7 Å². The molecule has 0 bridgehead atoms. The maximum absolute atomic E-state index is 12.6. The van der Waals surface area contributed by atoms with Crippen molar-refractivity contribution in [3.63, 3.8) is 0 Å². The van der Waals surface area contributed by atoms with Gasteiger partial charge in [0.25, 0.3) is 11.2 Å². The van der Waals surface area contributed by atoms with Gasteiger partial charge >= 0.3 is 0 Å². The van der Waals surface area contributed by atoms with E-state index in [0.717, 1.165) is 22.4 Å². The molecule has 0 spiro atoms. The number of hydrogen-bond acceptors (Lipinski definition) is 4. The fourth-order valence-electron chi connectivity index (χ4n) is 3.27. The first-order chi connectivity index (χ1) is 12.8. The molecular weight excluding hydrogens is 346 g/mol. The molecule has 0 saturated carbocycles. The number of carbonyl (C=O) groups excluding carboxylic acids is 1. The zero-order chi connectivity index (χ0) is 19.7. The Bertz CT molecular complexity index is 1110. The molecule has 0 aliphatic rings. The number of non-ortho nitro benzene ring substituents is 1. The van der Waals surface area contributed by atoms with E-state index >= 15 is 0 Å². The lowest BCUT2D eigenvalue weighted by molar-refractivity contribution is -0.384. The Balaban J connectivity index is 1.94. The van der Waals surface area contributed by atoms with Gasteiger partial charge in [-0.1, -0.05) is 17.7 Å². The summed E-state index contributed by atoms with van der Waals surface area (Å²) in [6, 6.07) is 11.0. The highest BCUT2D eigenvalue weighted by atomic mass is 16.6. The summed E-state index contributed by atoms with van der Waals surface area (Å²) in [4.78, 5) is 35.3. The van der Waals surface area contributed by atoms with Crippen molar-refractivity contribution in [1.29, 1.82) is 0 Å². The van der Waals surface area contributed by atoms with Crippen LogP contribution >= 0.6 is 0 Å². The van der Waals surface area contributed by atoms with Crippen LogP contribution in [0.15, 0.2) is 47.3 Å². The van der Waals surface area contributed by atoms with Gasteiger partial charge in [0.1, 0.15) is 6.54 Å². The van der Waals surface area contributed by atoms with E-state index in [1.54, 1.807) is 0 Å². The topological polar surface area (TPSA) is 94.2 Å². The van der Waals surface area contributed by atoms with Gasteiger partial charge in [-0.15, -0.1) is 0 Å². The molecule has 2 aromatic carbocycles. The Hall–Kier alpha value is -3.48. The third-order valence-electron chi connectivity index (χ3n) is 4.43. The first-order valence-electron chi connectivity index (χ1n) is 8.42. The van der Waals surface area contributed by atoms with Crippen molar-refractivity contribution in [3.05, 3.63) is 79.6 Å². The number of nitro groups is 1. The normalized spacial score (nSPS) is 10.8. The van der Waals surface area contributed by atoms with Gasteiger partial charge in [-0.2, -0.15) is 0 Å². The lowest BCUT2D eigenvalue weighted by Crippen LogP contribution is -2.27. The van der Waals surface area contributed by atoms with Crippen molar-refractivity contribution in [2.24, 2.45) is 0 Å². The van der Waals surface area contributed by atoms with Crippen molar-refractivity contribution < 1.29 is 9.72 Å². The summed E-state index contributed by atoms with van der Waals surface area (Å²) in [5, 5.41) is 14.3. The van der Waals surface area contributed by atoms with Gasteiger partial charge in [0.2, 0.25) is 5.91 Å². The van der Waals surface area contributed by atoms with Gasteiger partial charge in [-0.3, -0.25) is 24.3 Å². The third kappa shape index (κ3) is 3.72. The molecule has 1 amide bonds. The lowest BCUT2D eigenvalue weighted by Gasteiger charge is -2.14. The second-order valence-corrected chi connectivity index (χ2v) is 6.58. The van der Waals surface area contributed by atoms with Crippen molar-refractivity contribution in [2.75, 3.05) is 5.32 Å². The number of amides is 1. The number of nitro benzene ring substituents is 1. The van der Waals surface area contributed by atoms with Crippen LogP contribution < -0.4 is 10.9 Å². The quantitative estimate of drug-likeness (QED) is 0.566. The highest BCUT2D eigenvalue weighted by molar-refractivity contribution is 5.93. The Labute approximate surface area is 155 Å². The monoisotopic (exact) mass is 365 g/mol. The molecule has 138 valence electrons. The van der Waals surface area contributed by atoms with Crippen LogP contribution in [0.5, 0.6) is 0 Å². The molecule has 27 heavy (non-hydrogen) atoms. The van der Waals surface area contributed by atoms with Gasteiger partial charge in [0, 0.05) is 29.3 Å². The standard InChI is InChI=1S/C20H19N3O4/c1-12-8-13(2)20(14(3)9-12)21-18(24)11-22-17-6-5-16(23(26)27)10-15(17)4-7-19(22)25/h4-10H,11H2,1-3H3,(H,21,24). The minimum absolute atomic E-state index is 0.0666. The fourth-order valence-corrected chi connectivity index (χ4v) is 3.27. The van der Waals surface area contributed by atoms with Gasteiger partial charge in [-0.05, 0) is 44.0 Å². The lowest BCUT2D eigenvalue weighted by atomic mass is 10.1. The Morgan fingerprint density at radius 3 is 2.37 bits per heavy atom. The van der Waals surface area contributed by atoms with Crippen LogP contribution in [0.2, 0.25) is 0 Å². The van der Waals surface area contributed by atoms with Crippen LogP contribution in [0, 0.1) is 30.9 Å². The van der Waals surface area contributed by atoms with Crippen molar-refractivity contribution >= 4 is 28.2 Å². The zero-order valence-corrected chi connectivity index (χ0v) is 15.3. The summed E-state index contributed by atoms with van der Waals surface area (Å²) < 4.78 is 1.31. The maximum atomic E-state index is 12.6. The zero-order valence-electron chi connectivity index (χ0n) is 15.3. The van der Waals surface area contributed by atoms with E-state index in [2.05, 4.69) is 5.32 Å². The average molecular weight is 365 g/mol. The van der Waals surface area contributed by atoms with E-state index in [1.165, 1.54) is 34.9 Å². The summed E-state index contributed by atoms with van der Waals surface area (Å²) in [6.45, 7) is 5.64. The number of aromatic nitrogens is 1. The first kappa shape index (κ1) is 18.3. The minimum Gasteiger partial charge on any atom is -0.324 e. The predicted octanol–water partition coefficient (Wildman–Crippen LogP) is 3.47. The predicted molar refractivity (Wildman–Crippen MR) is 104 cm³/mol. The number of hydrogen-bond donors (Lipinski definition) is 1. The van der Waals surface area contributed by atoms with E-state index in [0.29, 0.717) is 10.9 Å². The Morgan fingerprint density at radius 2 is 1.74 bits per heavy atom. The van der Waals surface area contributed by atoms with Gasteiger partial charge < -0.3 is 5.32 Å². The summed E-state index contributed by atoms with van der Waals surface area (Å²) in [6.07, 6.45) is 0. The molecule has 0 aliphatic carbocycles. The van der Waals surface area contributed by atoms with E-state index in [1.807, 2.05) is 32.9 Å². The first-order valence-corrected chi connectivity index (χ1v) is 8.42. The van der Waals surface area contributed by atoms with Gasteiger partial charge in [0.15, 0.2) is 0 Å². The van der Waals surface area contributed by atoms with Crippen molar-refractivity contribution in [1.82, 2.24) is 4.57 Å². The summed E-state index contributed by atoms with van der Waals surface area (Å²) >= 11 is 0. The molecule has 7 nitrogen and oxygen atoms in total. The van der Waals surface area contributed by atoms with Crippen LogP contribution in [-0.4, -0.2) is 15.4 Å². The molecule has 0 aliphatic heterocycles. The number of benzene rings is 2. The van der Waals surface area contributed by atoms with Crippen molar-refractivity contribution in [3.8, 4) is 0 Å². The molecule has 3 rings (SSSR count). The third-order valence-corrected chi connectivity index (χ3v) is 4.43. The summed E-state index contributed by atoms with van der Waals surface area (Å²) in [5.74, 6) is -0.335. The number of nitrogens with one attached hydrogen (secondary N) is 1. The molecule has 0 fully saturated rings. The smallest absolute Gasteiger partial charge is 0.270 e. The fraction of sp³-hybridized carbons (Fsp3) is 0.200. The van der Waals surface area contributed by atoms with Crippen LogP contribution in [0.25, 0.3) is 10.9 Å². The molecule has 7 heteroatoms. The number of rotatable bonds is 4. The van der Waals surface area contributed by atoms with Crippen LogP contribution in [0.1, 0.15) is 16.7 Å². The van der Waals surface area contributed by atoms with Crippen LogP contribution in [0.3, 0.4) is 0 Å². The molecule has 1 N–H and O–H groups in total. The van der Waals surface area contributed by atoms with Gasteiger partial charge in [0.05, 0.1) is 10.4 Å². The second-order valence-electron chi connectivity index (χ2n) is 6.58. The molecule has 1 heterocycles. The SMILES string of the molecule is Cc1cc(C)c(NC(=O)Cn2c(=O)ccc3cc([N+](=O)[O-])ccc32)c(C)c1. The van der Waals surface area contributed by atoms with Gasteiger partial charge in [-0.25, -0.2) is 0 Å². The number of carbonyl (C=O) groups is 1. The molecule has 0 saturated heterocycles. The molecule has 0 radical (unpaired) electrons. The Morgan fingerprint density at radius 1 is 1.07 bits per heavy atom. The molecule has 1 aromatic heterocycles. The molecular formula is C20H19N3O4. The van der Waals surface area contributed by atoms with E-state index < -0.39 is 4.92 Å². The van der Waals surface area contributed by atoms with Crippen LogP contribution in [0.4, 0.5) is 11.4 Å². The van der Waals surface area contributed by atoms with Crippen molar-refractivity contribution in [2.45, 2.75) is 27.3 Å². The summed E-state index contributed by atoms with van der Waals surface area (Å²) in [7, 11) is 0. The van der Waals surface area contributed by atoms with E-state index in [-0.39, 0.29) is 23.7 Å². The molecule has 0 atom stereocenters. The largest absolute Gasteiger partial charge is 0.324 e. The second kappa shape index (κ2) is 7.03. The minimum atomic E-state index is -0.495. The number of aryl methyl sites for hydroxylation is 3. The number of pyridine rings is 1. The maximum Gasteiger partial charge on any atom is 0.270 e. The average Bonchev–Trinajstić information content (AvgIpc) is 2.60. The summed E-state index contributed by atoms with van der Waals surface area (Å²) in [5.41, 5.74) is 3.79. The Kier molecular flexibility index (Phi) is 4.77. The van der Waals surface area contributed by atoms with E-state index in [4.69, 9.17) is 0 Å². The van der Waals surface area contributed by atoms with Crippen LogP contribution in [-0.2, 0) is 11.3 Å². The molecule has 0 unspecified atom stereocenters.